The first-order valence-electron chi connectivity index (χ1n) is 7.89. The summed E-state index contributed by atoms with van der Waals surface area (Å²) in [6.07, 6.45) is 3.26. The van der Waals surface area contributed by atoms with Crippen molar-refractivity contribution >= 4 is 11.8 Å². The summed E-state index contributed by atoms with van der Waals surface area (Å²) in [6.45, 7) is 0.515. The molecule has 2 aliphatic rings. The summed E-state index contributed by atoms with van der Waals surface area (Å²) in [4.78, 5) is 25.5. The third-order valence-electron chi connectivity index (χ3n) is 4.52. The van der Waals surface area contributed by atoms with E-state index in [1.54, 1.807) is 11.9 Å². The molecule has 5 nitrogen and oxygen atoms in total. The van der Waals surface area contributed by atoms with Crippen molar-refractivity contribution in [2.24, 2.45) is 5.92 Å². The Hall–Kier alpha value is -2.04. The zero-order valence-electron chi connectivity index (χ0n) is 12.8. The van der Waals surface area contributed by atoms with Crippen LogP contribution in [0, 0.1) is 5.92 Å². The fourth-order valence-corrected chi connectivity index (χ4v) is 3.25. The highest BCUT2D eigenvalue weighted by Gasteiger charge is 2.36. The number of carbonyl (C=O) groups excluding carboxylic acids is 2. The lowest BCUT2D eigenvalue weighted by atomic mass is 10.1. The van der Waals surface area contributed by atoms with Crippen molar-refractivity contribution in [2.45, 2.75) is 37.8 Å². The van der Waals surface area contributed by atoms with Crippen molar-refractivity contribution in [3.05, 3.63) is 30.3 Å². The topological polar surface area (TPSA) is 58.6 Å². The standard InChI is InChI=1S/C17H22N2O3/c1-19-11-12(10-16(19)20)17(21)18-14-8-5-9-15(14)22-13-6-3-2-4-7-13/h2-4,6-7,12,14-15H,5,8-11H2,1H3,(H,18,21)/t12-,14-,15+/m1/s1. The smallest absolute Gasteiger partial charge is 0.225 e. The maximum atomic E-state index is 12.3. The average molecular weight is 302 g/mol. The largest absolute Gasteiger partial charge is 0.488 e. The van der Waals surface area contributed by atoms with Crippen molar-refractivity contribution < 1.29 is 14.3 Å². The van der Waals surface area contributed by atoms with Gasteiger partial charge < -0.3 is 15.0 Å². The number of nitrogens with zero attached hydrogens (tertiary/aromatic N) is 1. The quantitative estimate of drug-likeness (QED) is 0.918. The van der Waals surface area contributed by atoms with Crippen LogP contribution in [0.15, 0.2) is 30.3 Å². The molecule has 0 radical (unpaired) electrons. The minimum absolute atomic E-state index is 0.0150. The lowest BCUT2D eigenvalue weighted by molar-refractivity contribution is -0.128. The van der Waals surface area contributed by atoms with Crippen molar-refractivity contribution in [1.29, 1.82) is 0 Å². The normalized spacial score (nSPS) is 28.0. The first-order chi connectivity index (χ1) is 10.6. The molecule has 118 valence electrons. The van der Waals surface area contributed by atoms with Crippen LogP contribution in [0.3, 0.4) is 0 Å². The van der Waals surface area contributed by atoms with Gasteiger partial charge in [0.15, 0.2) is 0 Å². The van der Waals surface area contributed by atoms with Gasteiger partial charge in [0.1, 0.15) is 11.9 Å². The highest BCUT2D eigenvalue weighted by Crippen LogP contribution is 2.25. The molecule has 1 saturated heterocycles. The average Bonchev–Trinajstić information content (AvgIpc) is 3.08. The molecule has 1 aliphatic heterocycles. The van der Waals surface area contributed by atoms with Gasteiger partial charge in [-0.25, -0.2) is 0 Å². The summed E-state index contributed by atoms with van der Waals surface area (Å²) < 4.78 is 6.00. The van der Waals surface area contributed by atoms with Crippen molar-refractivity contribution in [2.75, 3.05) is 13.6 Å². The molecule has 2 fully saturated rings. The Morgan fingerprint density at radius 1 is 1.27 bits per heavy atom. The molecular formula is C17H22N2O3. The highest BCUT2D eigenvalue weighted by atomic mass is 16.5. The molecule has 5 heteroatoms. The van der Waals surface area contributed by atoms with Gasteiger partial charge in [0.2, 0.25) is 11.8 Å². The summed E-state index contributed by atoms with van der Waals surface area (Å²) in [6, 6.07) is 9.74. The van der Waals surface area contributed by atoms with E-state index in [4.69, 9.17) is 4.74 Å². The second kappa shape index (κ2) is 6.38. The molecular weight excluding hydrogens is 280 g/mol. The van der Waals surface area contributed by atoms with Crippen LogP contribution >= 0.6 is 0 Å². The van der Waals surface area contributed by atoms with E-state index in [1.165, 1.54) is 0 Å². The fourth-order valence-electron chi connectivity index (χ4n) is 3.25. The van der Waals surface area contributed by atoms with E-state index in [-0.39, 0.29) is 29.9 Å². The molecule has 1 aromatic carbocycles. The Kier molecular flexibility index (Phi) is 4.32. The summed E-state index contributed by atoms with van der Waals surface area (Å²) in [7, 11) is 1.74. The van der Waals surface area contributed by atoms with E-state index in [2.05, 4.69) is 5.32 Å². The molecule has 1 aliphatic carbocycles. The van der Waals surface area contributed by atoms with Gasteiger partial charge in [-0.2, -0.15) is 0 Å². The van der Waals surface area contributed by atoms with Crippen LogP contribution < -0.4 is 10.1 Å². The maximum absolute atomic E-state index is 12.3. The van der Waals surface area contributed by atoms with Gasteiger partial charge in [0.05, 0.1) is 12.0 Å². The molecule has 1 aromatic rings. The van der Waals surface area contributed by atoms with E-state index < -0.39 is 0 Å². The zero-order chi connectivity index (χ0) is 15.5. The highest BCUT2D eigenvalue weighted by molar-refractivity contribution is 5.89. The van der Waals surface area contributed by atoms with Gasteiger partial charge in [-0.15, -0.1) is 0 Å². The molecule has 1 heterocycles. The predicted molar refractivity (Wildman–Crippen MR) is 82.4 cm³/mol. The maximum Gasteiger partial charge on any atom is 0.225 e. The third kappa shape index (κ3) is 3.24. The van der Waals surface area contributed by atoms with E-state index in [0.717, 1.165) is 25.0 Å². The van der Waals surface area contributed by atoms with E-state index in [9.17, 15) is 9.59 Å². The van der Waals surface area contributed by atoms with Crippen molar-refractivity contribution in [1.82, 2.24) is 10.2 Å². The molecule has 1 N–H and O–H groups in total. The van der Waals surface area contributed by atoms with Crippen molar-refractivity contribution in [3.63, 3.8) is 0 Å². The number of hydrogen-bond acceptors (Lipinski definition) is 3. The van der Waals surface area contributed by atoms with E-state index in [0.29, 0.717) is 13.0 Å². The molecule has 3 rings (SSSR count). The fraction of sp³-hybridized carbons (Fsp3) is 0.529. The summed E-state index contributed by atoms with van der Waals surface area (Å²) in [5.74, 6) is 0.634. The molecule has 0 spiro atoms. The number of benzene rings is 1. The second-order valence-corrected chi connectivity index (χ2v) is 6.19. The first-order valence-corrected chi connectivity index (χ1v) is 7.89. The Bertz CT molecular complexity index is 546. The monoisotopic (exact) mass is 302 g/mol. The Balaban J connectivity index is 1.57. The van der Waals surface area contributed by atoms with Crippen LogP contribution in [0.25, 0.3) is 0 Å². The second-order valence-electron chi connectivity index (χ2n) is 6.19. The number of rotatable bonds is 4. The Morgan fingerprint density at radius 2 is 2.05 bits per heavy atom. The number of amides is 2. The van der Waals surface area contributed by atoms with Crippen molar-refractivity contribution in [3.8, 4) is 5.75 Å². The third-order valence-corrected chi connectivity index (χ3v) is 4.52. The molecule has 0 bridgehead atoms. The zero-order valence-corrected chi connectivity index (χ0v) is 12.8. The number of ether oxygens (including phenoxy) is 1. The summed E-state index contributed by atoms with van der Waals surface area (Å²) >= 11 is 0. The molecule has 2 amide bonds. The molecule has 3 atom stereocenters. The predicted octanol–water partition coefficient (Wildman–Crippen LogP) is 1.58. The molecule has 1 saturated carbocycles. The SMILES string of the molecule is CN1C[C@H](C(=O)N[C@@H]2CCC[C@@H]2Oc2ccccc2)CC1=O. The van der Waals surface area contributed by atoms with Crippen LogP contribution in [-0.2, 0) is 9.59 Å². The minimum Gasteiger partial charge on any atom is -0.488 e. The lowest BCUT2D eigenvalue weighted by Gasteiger charge is -2.23. The van der Waals surface area contributed by atoms with Gasteiger partial charge in [-0.1, -0.05) is 18.2 Å². The number of nitrogens with one attached hydrogen (secondary N) is 1. The molecule has 22 heavy (non-hydrogen) atoms. The van der Waals surface area contributed by atoms with Gasteiger partial charge in [0.25, 0.3) is 0 Å². The van der Waals surface area contributed by atoms with E-state index in [1.807, 2.05) is 30.3 Å². The Labute approximate surface area is 130 Å². The molecule has 0 aromatic heterocycles. The number of hydrogen-bond donors (Lipinski definition) is 1. The minimum atomic E-state index is -0.226. The lowest BCUT2D eigenvalue weighted by Crippen LogP contribution is -2.45. The number of likely N-dealkylation sites (tertiary alicyclic amines) is 1. The number of para-hydroxylation sites is 1. The summed E-state index contributed by atoms with van der Waals surface area (Å²) in [5, 5.41) is 3.09. The van der Waals surface area contributed by atoms with Gasteiger partial charge in [-0.05, 0) is 31.4 Å². The van der Waals surface area contributed by atoms with Crippen LogP contribution in [-0.4, -0.2) is 42.5 Å². The summed E-state index contributed by atoms with van der Waals surface area (Å²) in [5.41, 5.74) is 0. The Morgan fingerprint density at radius 3 is 2.73 bits per heavy atom. The van der Waals surface area contributed by atoms with Gasteiger partial charge in [0, 0.05) is 20.0 Å². The van der Waals surface area contributed by atoms with Crippen LogP contribution in [0.5, 0.6) is 5.75 Å². The molecule has 0 unspecified atom stereocenters. The number of carbonyl (C=O) groups is 2. The van der Waals surface area contributed by atoms with Crippen LogP contribution in [0.4, 0.5) is 0 Å². The first kappa shape index (κ1) is 14.9. The van der Waals surface area contributed by atoms with Crippen LogP contribution in [0.2, 0.25) is 0 Å². The van der Waals surface area contributed by atoms with Gasteiger partial charge >= 0.3 is 0 Å². The van der Waals surface area contributed by atoms with Gasteiger partial charge in [-0.3, -0.25) is 9.59 Å². The van der Waals surface area contributed by atoms with Crippen LogP contribution in [0.1, 0.15) is 25.7 Å². The van der Waals surface area contributed by atoms with E-state index >= 15 is 0 Å².